The van der Waals surface area contributed by atoms with E-state index in [9.17, 15) is 14.7 Å². The number of amides is 1. The van der Waals surface area contributed by atoms with Crippen LogP contribution in [0.15, 0.2) is 0 Å². The van der Waals surface area contributed by atoms with Crippen molar-refractivity contribution in [2.75, 3.05) is 20.1 Å². The summed E-state index contributed by atoms with van der Waals surface area (Å²) in [6.45, 7) is 7.49. The first-order valence-electron chi connectivity index (χ1n) is 6.58. The Labute approximate surface area is 114 Å². The fraction of sp³-hybridized carbons (Fsp3) is 0.846. The van der Waals surface area contributed by atoms with Crippen molar-refractivity contribution in [3.8, 4) is 0 Å². The number of likely N-dealkylation sites (N-methyl/N-ethyl adjacent to an activating group) is 1. The van der Waals surface area contributed by atoms with Gasteiger partial charge < -0.3 is 20.5 Å². The zero-order valence-corrected chi connectivity index (χ0v) is 12.4. The van der Waals surface area contributed by atoms with Crippen LogP contribution in [0.1, 0.15) is 34.1 Å². The highest BCUT2D eigenvalue weighted by atomic mass is 16.5. The first-order chi connectivity index (χ1) is 8.76. The Balaban J connectivity index is 4.54. The van der Waals surface area contributed by atoms with Crippen molar-refractivity contribution in [3.05, 3.63) is 0 Å². The Morgan fingerprint density at radius 2 is 1.89 bits per heavy atom. The molecule has 0 aromatic rings. The van der Waals surface area contributed by atoms with Crippen LogP contribution in [0.4, 0.5) is 0 Å². The quantitative estimate of drug-likeness (QED) is 0.509. The van der Waals surface area contributed by atoms with Crippen LogP contribution in [0.25, 0.3) is 0 Å². The van der Waals surface area contributed by atoms with Crippen LogP contribution >= 0.6 is 0 Å². The molecule has 0 aliphatic rings. The van der Waals surface area contributed by atoms with Crippen LogP contribution in [0.2, 0.25) is 0 Å². The Morgan fingerprint density at radius 3 is 2.32 bits per heavy atom. The maximum atomic E-state index is 11.9. The first kappa shape index (κ1) is 18.0. The number of rotatable bonds is 9. The van der Waals surface area contributed by atoms with Gasteiger partial charge in [0.25, 0.3) is 0 Å². The molecule has 0 aromatic carbocycles. The lowest BCUT2D eigenvalue weighted by Crippen LogP contribution is -2.48. The van der Waals surface area contributed by atoms with Crippen LogP contribution in [0.3, 0.4) is 0 Å². The maximum absolute atomic E-state index is 11.9. The lowest BCUT2D eigenvalue weighted by molar-refractivity contribution is -0.161. The third kappa shape index (κ3) is 6.13. The molecular formula is C13H26N2O4. The summed E-state index contributed by atoms with van der Waals surface area (Å²) in [6, 6.07) is 0. The third-order valence-electron chi connectivity index (χ3n) is 2.75. The van der Waals surface area contributed by atoms with Gasteiger partial charge in [0.05, 0.1) is 0 Å². The minimum Gasteiger partial charge on any atom is -0.385 e. The van der Waals surface area contributed by atoms with E-state index in [1.165, 1.54) is 6.92 Å². The van der Waals surface area contributed by atoms with E-state index in [0.717, 1.165) is 0 Å². The van der Waals surface area contributed by atoms with Crippen LogP contribution in [-0.4, -0.2) is 54.7 Å². The average Bonchev–Trinajstić information content (AvgIpc) is 2.34. The van der Waals surface area contributed by atoms with E-state index in [2.05, 4.69) is 10.6 Å². The fourth-order valence-corrected chi connectivity index (χ4v) is 1.66. The highest BCUT2D eigenvalue weighted by Crippen LogP contribution is 2.17. The van der Waals surface area contributed by atoms with E-state index in [4.69, 9.17) is 4.74 Å². The minimum absolute atomic E-state index is 0.246. The van der Waals surface area contributed by atoms with Gasteiger partial charge in [0.2, 0.25) is 5.91 Å². The van der Waals surface area contributed by atoms with E-state index in [-0.39, 0.29) is 5.91 Å². The summed E-state index contributed by atoms with van der Waals surface area (Å²) in [6.07, 6.45) is -1.35. The van der Waals surface area contributed by atoms with Gasteiger partial charge in [0.15, 0.2) is 5.78 Å². The van der Waals surface area contributed by atoms with Gasteiger partial charge in [-0.2, -0.15) is 0 Å². The number of carbonyl (C=O) groups excluding carboxylic acids is 2. The molecule has 0 bridgehead atoms. The van der Waals surface area contributed by atoms with Crippen molar-refractivity contribution >= 4 is 11.7 Å². The molecule has 2 unspecified atom stereocenters. The summed E-state index contributed by atoms with van der Waals surface area (Å²) in [5.74, 6) is -0.682. The number of aliphatic hydroxyl groups excluding tert-OH is 1. The van der Waals surface area contributed by atoms with E-state index in [1.54, 1.807) is 20.9 Å². The van der Waals surface area contributed by atoms with Crippen LogP contribution in [0, 0.1) is 0 Å². The maximum Gasteiger partial charge on any atom is 0.249 e. The number of ether oxygens (including phenoxy) is 1. The Hall–Kier alpha value is -0.980. The van der Waals surface area contributed by atoms with Crippen molar-refractivity contribution in [3.63, 3.8) is 0 Å². The Kier molecular flexibility index (Phi) is 7.82. The molecule has 0 aliphatic carbocycles. The molecule has 0 saturated heterocycles. The van der Waals surface area contributed by atoms with Crippen LogP contribution in [-0.2, 0) is 14.3 Å². The highest BCUT2D eigenvalue weighted by molar-refractivity contribution is 5.90. The molecule has 0 heterocycles. The van der Waals surface area contributed by atoms with Gasteiger partial charge in [-0.1, -0.05) is 6.92 Å². The van der Waals surface area contributed by atoms with Crippen molar-refractivity contribution in [2.24, 2.45) is 0 Å². The molecule has 0 radical (unpaired) electrons. The Bertz CT molecular complexity index is 303. The second-order valence-electron chi connectivity index (χ2n) is 4.96. The minimum atomic E-state index is -1.19. The largest absolute Gasteiger partial charge is 0.385 e. The molecule has 0 spiro atoms. The lowest BCUT2D eigenvalue weighted by Gasteiger charge is -2.29. The van der Waals surface area contributed by atoms with Gasteiger partial charge in [-0.25, -0.2) is 0 Å². The van der Waals surface area contributed by atoms with Crippen molar-refractivity contribution in [2.45, 2.75) is 51.9 Å². The normalized spacial score (nSPS) is 14.8. The molecule has 1 amide bonds. The van der Waals surface area contributed by atoms with E-state index in [1.807, 2.05) is 6.92 Å². The van der Waals surface area contributed by atoms with Gasteiger partial charge in [-0.3, -0.25) is 9.59 Å². The van der Waals surface area contributed by atoms with Crippen LogP contribution in [0.5, 0.6) is 0 Å². The summed E-state index contributed by atoms with van der Waals surface area (Å²) in [5.41, 5.74) is -1.19. The molecule has 0 saturated carbocycles. The van der Waals surface area contributed by atoms with Crippen molar-refractivity contribution in [1.82, 2.24) is 10.6 Å². The summed E-state index contributed by atoms with van der Waals surface area (Å²) in [4.78, 5) is 23.7. The smallest absolute Gasteiger partial charge is 0.249 e. The van der Waals surface area contributed by atoms with E-state index < -0.39 is 23.6 Å². The average molecular weight is 274 g/mol. The third-order valence-corrected chi connectivity index (χ3v) is 2.75. The molecule has 0 rings (SSSR count). The molecule has 112 valence electrons. The molecule has 2 atom stereocenters. The van der Waals surface area contributed by atoms with E-state index >= 15 is 0 Å². The van der Waals surface area contributed by atoms with E-state index in [0.29, 0.717) is 19.5 Å². The number of hydrogen-bond donors (Lipinski definition) is 3. The summed E-state index contributed by atoms with van der Waals surface area (Å²) >= 11 is 0. The number of ketones is 1. The second-order valence-corrected chi connectivity index (χ2v) is 4.96. The molecule has 19 heavy (non-hydrogen) atoms. The van der Waals surface area contributed by atoms with Gasteiger partial charge in [0.1, 0.15) is 17.8 Å². The van der Waals surface area contributed by atoms with Crippen LogP contribution < -0.4 is 10.6 Å². The molecule has 6 heteroatoms. The molecular weight excluding hydrogens is 248 g/mol. The topological polar surface area (TPSA) is 87.7 Å². The molecule has 0 aliphatic heterocycles. The van der Waals surface area contributed by atoms with Gasteiger partial charge in [-0.05, 0) is 34.2 Å². The van der Waals surface area contributed by atoms with Gasteiger partial charge in [0, 0.05) is 13.1 Å². The predicted molar refractivity (Wildman–Crippen MR) is 72.9 cm³/mol. The monoisotopic (exact) mass is 274 g/mol. The first-order valence-corrected chi connectivity index (χ1v) is 6.58. The number of aliphatic hydroxyl groups is 1. The summed E-state index contributed by atoms with van der Waals surface area (Å²) in [7, 11) is 1.80. The summed E-state index contributed by atoms with van der Waals surface area (Å²) < 4.78 is 5.56. The van der Waals surface area contributed by atoms with Crippen molar-refractivity contribution < 1.29 is 19.4 Å². The molecule has 0 fully saturated rings. The molecule has 6 nitrogen and oxygen atoms in total. The fourth-order valence-electron chi connectivity index (χ4n) is 1.66. The number of nitrogens with one attached hydrogen (secondary N) is 2. The number of hydrogen-bond acceptors (Lipinski definition) is 5. The number of carbonyl (C=O) groups is 2. The zero-order chi connectivity index (χ0) is 15.1. The SMILES string of the molecule is CCC(OC(C)(C)C(=O)C(C)O)C(=O)NCCNC. The number of Topliss-reactive ketones (excluding diaryl/α,β-unsaturated/α-hetero) is 1. The standard InChI is InChI=1S/C13H26N2O4/c1-6-10(12(18)15-8-7-14-5)19-13(3,4)11(17)9(2)16/h9-10,14,16H,6-8H2,1-5H3,(H,15,18). The Morgan fingerprint density at radius 1 is 1.32 bits per heavy atom. The van der Waals surface area contributed by atoms with Gasteiger partial charge >= 0.3 is 0 Å². The lowest BCUT2D eigenvalue weighted by atomic mass is 9.99. The predicted octanol–water partition coefficient (Wildman–Crippen LogP) is -0.154. The van der Waals surface area contributed by atoms with Gasteiger partial charge in [-0.15, -0.1) is 0 Å². The zero-order valence-electron chi connectivity index (χ0n) is 12.4. The highest BCUT2D eigenvalue weighted by Gasteiger charge is 2.35. The molecule has 3 N–H and O–H groups in total. The molecule has 0 aromatic heterocycles. The summed E-state index contributed by atoms with van der Waals surface area (Å²) in [5, 5.41) is 15.0. The van der Waals surface area contributed by atoms with Crippen molar-refractivity contribution in [1.29, 1.82) is 0 Å². The second kappa shape index (κ2) is 8.24.